The van der Waals surface area contributed by atoms with E-state index in [9.17, 15) is 9.59 Å². The van der Waals surface area contributed by atoms with E-state index in [0.29, 0.717) is 22.0 Å². The fourth-order valence-electron chi connectivity index (χ4n) is 2.32. The van der Waals surface area contributed by atoms with Gasteiger partial charge in [-0.3, -0.25) is 9.59 Å². The van der Waals surface area contributed by atoms with Gasteiger partial charge in [0, 0.05) is 36.3 Å². The summed E-state index contributed by atoms with van der Waals surface area (Å²) in [6, 6.07) is 14.1. The molecule has 2 rings (SSSR count). The van der Waals surface area contributed by atoms with Crippen molar-refractivity contribution in [1.29, 1.82) is 5.26 Å². The summed E-state index contributed by atoms with van der Waals surface area (Å²) < 4.78 is 0. The number of hydrogen-bond acceptors (Lipinski definition) is 3. The topological polar surface area (TPSA) is 73.2 Å². The molecule has 0 aromatic heterocycles. The van der Waals surface area contributed by atoms with Gasteiger partial charge in [0.25, 0.3) is 0 Å². The van der Waals surface area contributed by atoms with Crippen LogP contribution >= 0.6 is 11.6 Å². The van der Waals surface area contributed by atoms with E-state index in [1.807, 2.05) is 19.1 Å². The minimum atomic E-state index is -0.220. The van der Waals surface area contributed by atoms with Crippen LogP contribution in [0.15, 0.2) is 42.5 Å². The molecule has 2 aromatic rings. The Morgan fingerprint density at radius 1 is 1.24 bits per heavy atom. The van der Waals surface area contributed by atoms with Crippen molar-refractivity contribution in [2.45, 2.75) is 20.3 Å². The molecule has 0 atom stereocenters. The van der Waals surface area contributed by atoms with Crippen LogP contribution in [0.5, 0.6) is 0 Å². The van der Waals surface area contributed by atoms with Crippen molar-refractivity contribution < 1.29 is 9.59 Å². The Bertz CT molecular complexity index is 843. The van der Waals surface area contributed by atoms with E-state index in [4.69, 9.17) is 16.9 Å². The van der Waals surface area contributed by atoms with Gasteiger partial charge < -0.3 is 10.2 Å². The molecule has 2 amide bonds. The SMILES string of the molecule is CC(=O)N(CCC(=O)Nc1ccc(C)c(Cl)c1)c1cccc(C#N)c1. The van der Waals surface area contributed by atoms with E-state index in [-0.39, 0.29) is 24.8 Å². The molecule has 0 saturated heterocycles. The lowest BCUT2D eigenvalue weighted by Gasteiger charge is -2.21. The molecular weight excluding hydrogens is 338 g/mol. The number of halogens is 1. The fraction of sp³-hybridized carbons (Fsp3) is 0.211. The van der Waals surface area contributed by atoms with E-state index in [1.54, 1.807) is 36.4 Å². The third-order valence-electron chi connectivity index (χ3n) is 3.69. The Balaban J connectivity index is 2.03. The lowest BCUT2D eigenvalue weighted by molar-refractivity contribution is -0.117. The monoisotopic (exact) mass is 355 g/mol. The number of rotatable bonds is 5. The van der Waals surface area contributed by atoms with Crippen LogP contribution in [0.3, 0.4) is 0 Å². The van der Waals surface area contributed by atoms with Gasteiger partial charge in [-0.25, -0.2) is 0 Å². The highest BCUT2D eigenvalue weighted by Crippen LogP contribution is 2.20. The first kappa shape index (κ1) is 18.5. The smallest absolute Gasteiger partial charge is 0.226 e. The van der Waals surface area contributed by atoms with Gasteiger partial charge in [-0.05, 0) is 42.8 Å². The molecular formula is C19H18ClN3O2. The summed E-state index contributed by atoms with van der Waals surface area (Å²) in [5.74, 6) is -0.413. The van der Waals surface area contributed by atoms with Gasteiger partial charge in [0.05, 0.1) is 11.6 Å². The number of nitrogens with zero attached hydrogens (tertiary/aromatic N) is 2. The van der Waals surface area contributed by atoms with Crippen LogP contribution in [-0.2, 0) is 9.59 Å². The van der Waals surface area contributed by atoms with Crippen molar-refractivity contribution in [3.05, 3.63) is 58.6 Å². The number of amides is 2. The zero-order valence-electron chi connectivity index (χ0n) is 14.0. The molecule has 0 aliphatic rings. The summed E-state index contributed by atoms with van der Waals surface area (Å²) in [6.45, 7) is 3.53. The first-order valence-corrected chi connectivity index (χ1v) is 8.13. The van der Waals surface area contributed by atoms with Crippen LogP contribution < -0.4 is 10.2 Å². The Hall–Kier alpha value is -2.84. The van der Waals surface area contributed by atoms with E-state index < -0.39 is 0 Å². The van der Waals surface area contributed by atoms with Crippen LogP contribution in [0.25, 0.3) is 0 Å². The number of nitriles is 1. The summed E-state index contributed by atoms with van der Waals surface area (Å²) in [6.07, 6.45) is 0.127. The molecule has 0 bridgehead atoms. The van der Waals surface area contributed by atoms with Gasteiger partial charge >= 0.3 is 0 Å². The summed E-state index contributed by atoms with van der Waals surface area (Å²) in [5.41, 5.74) is 2.60. The first-order valence-electron chi connectivity index (χ1n) is 7.75. The summed E-state index contributed by atoms with van der Waals surface area (Å²) in [4.78, 5) is 25.5. The van der Waals surface area contributed by atoms with Crippen LogP contribution in [0.4, 0.5) is 11.4 Å². The average Bonchev–Trinajstić information content (AvgIpc) is 2.58. The standard InChI is InChI=1S/C19H18ClN3O2/c1-13-6-7-16(11-18(13)20)22-19(25)8-9-23(14(2)24)17-5-3-4-15(10-17)12-21/h3-7,10-11H,8-9H2,1-2H3,(H,22,25). The normalized spacial score (nSPS) is 10.0. The molecule has 6 heteroatoms. The average molecular weight is 356 g/mol. The van der Waals surface area contributed by atoms with Crippen LogP contribution in [-0.4, -0.2) is 18.4 Å². The molecule has 0 unspecified atom stereocenters. The third-order valence-corrected chi connectivity index (χ3v) is 4.09. The lowest BCUT2D eigenvalue weighted by atomic mass is 10.2. The first-order chi connectivity index (χ1) is 11.9. The minimum Gasteiger partial charge on any atom is -0.326 e. The molecule has 2 aromatic carbocycles. The van der Waals surface area contributed by atoms with E-state index in [0.717, 1.165) is 5.56 Å². The molecule has 0 fully saturated rings. The van der Waals surface area contributed by atoms with Gasteiger partial charge in [0.2, 0.25) is 11.8 Å². The van der Waals surface area contributed by atoms with Gasteiger partial charge in [-0.2, -0.15) is 5.26 Å². The Morgan fingerprint density at radius 3 is 2.64 bits per heavy atom. The van der Waals surface area contributed by atoms with Crippen molar-refractivity contribution in [2.24, 2.45) is 0 Å². The highest BCUT2D eigenvalue weighted by atomic mass is 35.5. The Labute approximate surface area is 151 Å². The molecule has 25 heavy (non-hydrogen) atoms. The number of hydrogen-bond donors (Lipinski definition) is 1. The van der Waals surface area contributed by atoms with Crippen molar-refractivity contribution >= 4 is 34.8 Å². The summed E-state index contributed by atoms with van der Waals surface area (Å²) in [7, 11) is 0. The van der Waals surface area contributed by atoms with E-state index in [2.05, 4.69) is 5.32 Å². The fourth-order valence-corrected chi connectivity index (χ4v) is 2.50. The van der Waals surface area contributed by atoms with Crippen molar-refractivity contribution in [1.82, 2.24) is 0 Å². The van der Waals surface area contributed by atoms with Gasteiger partial charge in [-0.1, -0.05) is 23.7 Å². The third kappa shape index (κ3) is 5.07. The Kier molecular flexibility index (Phi) is 6.15. The molecule has 0 heterocycles. The highest BCUT2D eigenvalue weighted by Gasteiger charge is 2.14. The molecule has 0 saturated carbocycles. The lowest BCUT2D eigenvalue weighted by Crippen LogP contribution is -2.32. The molecule has 0 aliphatic carbocycles. The second-order valence-electron chi connectivity index (χ2n) is 5.59. The van der Waals surface area contributed by atoms with Crippen LogP contribution in [0, 0.1) is 18.3 Å². The van der Waals surface area contributed by atoms with E-state index in [1.165, 1.54) is 11.8 Å². The second-order valence-corrected chi connectivity index (χ2v) is 6.00. The number of carbonyl (C=O) groups excluding carboxylic acids is 2. The molecule has 0 radical (unpaired) electrons. The maximum Gasteiger partial charge on any atom is 0.226 e. The van der Waals surface area contributed by atoms with E-state index >= 15 is 0 Å². The zero-order chi connectivity index (χ0) is 18.4. The van der Waals surface area contributed by atoms with Gasteiger partial charge in [-0.15, -0.1) is 0 Å². The number of nitrogens with one attached hydrogen (secondary N) is 1. The zero-order valence-corrected chi connectivity index (χ0v) is 14.8. The van der Waals surface area contributed by atoms with Crippen molar-refractivity contribution in [3.8, 4) is 6.07 Å². The maximum atomic E-state index is 12.1. The largest absolute Gasteiger partial charge is 0.326 e. The quantitative estimate of drug-likeness (QED) is 0.883. The van der Waals surface area contributed by atoms with Crippen LogP contribution in [0.1, 0.15) is 24.5 Å². The number of aryl methyl sites for hydroxylation is 1. The predicted molar refractivity (Wildman–Crippen MR) is 98.6 cm³/mol. The van der Waals surface area contributed by atoms with Crippen LogP contribution in [0.2, 0.25) is 5.02 Å². The van der Waals surface area contributed by atoms with Crippen molar-refractivity contribution in [2.75, 3.05) is 16.8 Å². The number of anilines is 2. The molecule has 1 N–H and O–H groups in total. The number of carbonyl (C=O) groups is 2. The summed E-state index contributed by atoms with van der Waals surface area (Å²) >= 11 is 6.04. The highest BCUT2D eigenvalue weighted by molar-refractivity contribution is 6.31. The molecule has 128 valence electrons. The van der Waals surface area contributed by atoms with Crippen molar-refractivity contribution in [3.63, 3.8) is 0 Å². The maximum absolute atomic E-state index is 12.1. The molecule has 0 spiro atoms. The Morgan fingerprint density at radius 2 is 2.00 bits per heavy atom. The van der Waals surface area contributed by atoms with Gasteiger partial charge in [0.15, 0.2) is 0 Å². The molecule has 5 nitrogen and oxygen atoms in total. The molecule has 0 aliphatic heterocycles. The minimum absolute atomic E-state index is 0.127. The summed E-state index contributed by atoms with van der Waals surface area (Å²) in [5, 5.41) is 12.3. The predicted octanol–water partition coefficient (Wildman–Crippen LogP) is 3.90. The second kappa shape index (κ2) is 8.32. The number of benzene rings is 2. The van der Waals surface area contributed by atoms with Gasteiger partial charge in [0.1, 0.15) is 0 Å².